The predicted molar refractivity (Wildman–Crippen MR) is 204 cm³/mol. The molecule has 0 heterocycles. The normalized spacial score (nSPS) is 13.7. The van der Waals surface area contributed by atoms with E-state index in [1.165, 1.54) is 0 Å². The van der Waals surface area contributed by atoms with Crippen LogP contribution >= 0.6 is 0 Å². The van der Waals surface area contributed by atoms with Gasteiger partial charge in [-0.15, -0.1) is 0 Å². The summed E-state index contributed by atoms with van der Waals surface area (Å²) in [6, 6.07) is 0. The molecule has 0 aliphatic heterocycles. The minimum atomic E-state index is -3.99. The van der Waals surface area contributed by atoms with Gasteiger partial charge >= 0.3 is 43.3 Å². The Morgan fingerprint density at radius 2 is 0.395 bits per heavy atom. The van der Waals surface area contributed by atoms with Crippen molar-refractivity contribution in [3.63, 3.8) is 0 Å². The zero-order valence-corrected chi connectivity index (χ0v) is 32.8. The average molecular weight is 713 g/mol. The molecule has 43 heavy (non-hydrogen) atoms. The summed E-state index contributed by atoms with van der Waals surface area (Å²) in [4.78, 5) is 0. The molecular formula is C30H84O8Si5. The molecule has 0 aliphatic rings. The predicted octanol–water partition coefficient (Wildman–Crippen LogP) is 11.4. The summed E-state index contributed by atoms with van der Waals surface area (Å²) in [6.07, 6.45) is 0. The molecular weight excluding hydrogens is 629 g/mol. The van der Waals surface area contributed by atoms with Crippen molar-refractivity contribution in [2.75, 3.05) is 0 Å². The van der Waals surface area contributed by atoms with E-state index in [0.29, 0.717) is 0 Å². The molecule has 0 saturated carbocycles. The molecule has 0 unspecified atom stereocenters. The van der Waals surface area contributed by atoms with Crippen LogP contribution in [-0.2, 0) is 34.2 Å². The van der Waals surface area contributed by atoms with Crippen molar-refractivity contribution in [2.45, 2.75) is 202 Å². The van der Waals surface area contributed by atoms with Gasteiger partial charge in [0.05, 0.1) is 22.4 Å². The Morgan fingerprint density at radius 3 is 0.488 bits per heavy atom. The third-order valence-electron chi connectivity index (χ3n) is 3.69. The molecule has 0 spiro atoms. The quantitative estimate of drug-likeness (QED) is 0.185. The van der Waals surface area contributed by atoms with E-state index < -0.39 is 65.7 Å². The molecule has 0 amide bonds. The molecule has 0 aromatic rings. The summed E-state index contributed by atoms with van der Waals surface area (Å²) < 4.78 is 53.5. The molecule has 0 radical (unpaired) electrons. The van der Waals surface area contributed by atoms with Gasteiger partial charge in [-0.3, -0.25) is 0 Å². The van der Waals surface area contributed by atoms with Gasteiger partial charge in [-0.1, -0.05) is 44.6 Å². The average Bonchev–Trinajstić information content (AvgIpc) is 2.29. The van der Waals surface area contributed by atoms with Crippen molar-refractivity contribution in [1.29, 1.82) is 0 Å². The molecule has 0 saturated heterocycles. The lowest BCUT2D eigenvalue weighted by Crippen LogP contribution is -2.69. The van der Waals surface area contributed by atoms with Crippen molar-refractivity contribution < 1.29 is 34.2 Å². The lowest BCUT2D eigenvalue weighted by atomic mass is 10.2. The Hall–Kier alpha value is 0.764. The Morgan fingerprint density at radius 1 is 0.279 bits per heavy atom. The third kappa shape index (κ3) is 29.9. The summed E-state index contributed by atoms with van der Waals surface area (Å²) in [6.45, 7) is 40.1. The highest BCUT2D eigenvalue weighted by molar-refractivity contribution is 6.88. The van der Waals surface area contributed by atoms with Gasteiger partial charge in [-0.25, -0.2) is 0 Å². The number of hydrogen-bond acceptors (Lipinski definition) is 8. The zero-order chi connectivity index (χ0) is 30.2. The van der Waals surface area contributed by atoms with Gasteiger partial charge in [0.25, 0.3) is 0 Å². The van der Waals surface area contributed by atoms with E-state index in [1.54, 1.807) is 0 Å². The summed E-state index contributed by atoms with van der Waals surface area (Å²) in [5, 5.41) is 0. The van der Waals surface area contributed by atoms with Crippen LogP contribution in [0.2, 0.25) is 52.4 Å². The highest BCUT2D eigenvalue weighted by Gasteiger charge is 2.62. The monoisotopic (exact) mass is 713 g/mol. The minimum absolute atomic E-state index is 0. The van der Waals surface area contributed by atoms with Gasteiger partial charge in [0.15, 0.2) is 0 Å². The highest BCUT2D eigenvalue weighted by Crippen LogP contribution is 2.35. The molecule has 0 atom stereocenters. The fourth-order valence-electron chi connectivity index (χ4n) is 4.36. The number of rotatable bonds is 12. The lowest BCUT2D eigenvalue weighted by Gasteiger charge is -2.47. The van der Waals surface area contributed by atoms with Gasteiger partial charge in [0.1, 0.15) is 0 Å². The van der Waals surface area contributed by atoms with Gasteiger partial charge in [-0.2, -0.15) is 0 Å². The Kier molecular flexibility index (Phi) is 26.1. The van der Waals surface area contributed by atoms with Crippen molar-refractivity contribution in [3.05, 3.63) is 0 Å². The number of hydrogen-bond donors (Lipinski definition) is 0. The smallest absolute Gasteiger partial charge is 0.390 e. The topological polar surface area (TPSA) is 73.8 Å². The fourth-order valence-corrected chi connectivity index (χ4v) is 23.8. The first-order valence-electron chi connectivity index (χ1n) is 13.3. The van der Waals surface area contributed by atoms with Gasteiger partial charge in [-0.05, 0) is 135 Å². The molecule has 0 bridgehead atoms. The maximum Gasteiger partial charge on any atom is 0.643 e. The van der Waals surface area contributed by atoms with E-state index in [2.05, 4.69) is 0 Å². The summed E-state index contributed by atoms with van der Waals surface area (Å²) in [5.74, 6) is 0. The molecule has 8 nitrogen and oxygen atoms in total. The van der Waals surface area contributed by atoms with Crippen LogP contribution in [0.25, 0.3) is 0 Å². The van der Waals surface area contributed by atoms with Crippen molar-refractivity contribution >= 4 is 43.3 Å². The fraction of sp³-hybridized carbons (Fsp3) is 1.00. The Labute approximate surface area is 279 Å². The van der Waals surface area contributed by atoms with Crippen LogP contribution in [0.15, 0.2) is 0 Å². The molecule has 272 valence electrons. The van der Waals surface area contributed by atoms with Gasteiger partial charge in [0, 0.05) is 0 Å². The minimum Gasteiger partial charge on any atom is -0.390 e. The van der Waals surface area contributed by atoms with Crippen LogP contribution in [0.1, 0.15) is 128 Å². The van der Waals surface area contributed by atoms with Crippen LogP contribution in [0, 0.1) is 0 Å². The second-order valence-electron chi connectivity index (χ2n) is 15.4. The standard InChI is InChI=1S/C24H60O8Si5.6CH4/c1-21(2,3)25-33(13,14)29-37(30-34(15,16)26-22(4,5)6,31-35(17,18)27-23(7,8)9)32-36(19,20)28-24(10,11)12;;;;;;/h1-20H3;6*1H4. The van der Waals surface area contributed by atoms with E-state index in [9.17, 15) is 0 Å². The Balaban J connectivity index is -0.000000432. The third-order valence-corrected chi connectivity index (χ3v) is 20.0. The first-order chi connectivity index (χ1) is 15.7. The van der Waals surface area contributed by atoms with Crippen LogP contribution in [-0.4, -0.2) is 65.7 Å². The van der Waals surface area contributed by atoms with Crippen LogP contribution < -0.4 is 0 Å². The molecule has 0 N–H and O–H groups in total. The zero-order valence-electron chi connectivity index (χ0n) is 27.8. The SMILES string of the molecule is C.C.C.C.C.C.CC(C)(C)O[Si](C)(C)O[Si](O[Si](C)(C)OC(C)(C)C)(O[Si](C)(C)OC(C)(C)C)O[Si](C)(C)OC(C)(C)C. The second-order valence-corrected chi connectivity index (χ2v) is 31.6. The lowest BCUT2D eigenvalue weighted by molar-refractivity contribution is 0.0130. The molecule has 0 fully saturated rings. The van der Waals surface area contributed by atoms with E-state index in [4.69, 9.17) is 34.2 Å². The van der Waals surface area contributed by atoms with Crippen LogP contribution in [0.3, 0.4) is 0 Å². The first-order valence-corrected chi connectivity index (χ1v) is 26.2. The summed E-state index contributed by atoms with van der Waals surface area (Å²) >= 11 is 0. The maximum absolute atomic E-state index is 6.91. The van der Waals surface area contributed by atoms with E-state index >= 15 is 0 Å². The van der Waals surface area contributed by atoms with E-state index in [0.717, 1.165) is 0 Å². The molecule has 0 rings (SSSR count). The van der Waals surface area contributed by atoms with E-state index in [-0.39, 0.29) is 44.6 Å². The largest absolute Gasteiger partial charge is 0.643 e. The molecule has 0 aliphatic carbocycles. The van der Waals surface area contributed by atoms with Crippen molar-refractivity contribution in [2.24, 2.45) is 0 Å². The van der Waals surface area contributed by atoms with Crippen LogP contribution in [0.4, 0.5) is 0 Å². The molecule has 0 aromatic heterocycles. The van der Waals surface area contributed by atoms with E-state index in [1.807, 2.05) is 135 Å². The first kappa shape index (κ1) is 59.2. The van der Waals surface area contributed by atoms with Gasteiger partial charge in [0.2, 0.25) is 0 Å². The molecule has 0 aromatic carbocycles. The summed E-state index contributed by atoms with van der Waals surface area (Å²) in [7, 11) is -15.4. The highest BCUT2D eigenvalue weighted by atomic mass is 28.6. The van der Waals surface area contributed by atoms with Gasteiger partial charge < -0.3 is 34.2 Å². The van der Waals surface area contributed by atoms with Crippen LogP contribution in [0.5, 0.6) is 0 Å². The van der Waals surface area contributed by atoms with Crippen molar-refractivity contribution in [3.8, 4) is 0 Å². The maximum atomic E-state index is 6.91. The van der Waals surface area contributed by atoms with Crippen molar-refractivity contribution in [1.82, 2.24) is 0 Å². The summed E-state index contributed by atoms with van der Waals surface area (Å²) in [5.41, 5.74) is -1.69. The second kappa shape index (κ2) is 18.9. The Bertz CT molecular complexity index is 607. The molecule has 13 heteroatoms.